The second-order valence-electron chi connectivity index (χ2n) is 7.88. The predicted octanol–water partition coefficient (Wildman–Crippen LogP) is 3.34. The van der Waals surface area contributed by atoms with Crippen molar-refractivity contribution in [3.05, 3.63) is 53.9 Å². The van der Waals surface area contributed by atoms with Crippen molar-refractivity contribution >= 4 is 46.3 Å². The van der Waals surface area contributed by atoms with Gasteiger partial charge in [-0.25, -0.2) is 8.42 Å². The number of anilines is 1. The Labute approximate surface area is 195 Å². The number of rotatable bonds is 5. The summed E-state index contributed by atoms with van der Waals surface area (Å²) in [5.41, 5.74) is 1.45. The molecule has 3 heterocycles. The van der Waals surface area contributed by atoms with Crippen molar-refractivity contribution in [2.24, 2.45) is 0 Å². The van der Waals surface area contributed by atoms with Gasteiger partial charge in [-0.3, -0.25) is 14.5 Å². The summed E-state index contributed by atoms with van der Waals surface area (Å²) in [6, 6.07) is 10.8. The number of Topliss-reactive ketones (excluding diaryl/α,β-unsaturated/α-hetero) is 1. The summed E-state index contributed by atoms with van der Waals surface area (Å²) < 4.78 is 31.6. The van der Waals surface area contributed by atoms with Gasteiger partial charge in [0.2, 0.25) is 10.0 Å². The second kappa shape index (κ2) is 10.2. The van der Waals surface area contributed by atoms with Crippen LogP contribution in [0.3, 0.4) is 0 Å². The lowest BCUT2D eigenvalue weighted by Gasteiger charge is -2.44. The van der Waals surface area contributed by atoms with Gasteiger partial charge in [0, 0.05) is 56.5 Å². The number of hydrogen-bond donors (Lipinski definition) is 1. The van der Waals surface area contributed by atoms with Crippen LogP contribution in [0.5, 0.6) is 5.75 Å². The first kappa shape index (κ1) is 25.4. The van der Waals surface area contributed by atoms with Crippen molar-refractivity contribution in [1.29, 1.82) is 0 Å². The normalized spacial score (nSPS) is 17.6. The third kappa shape index (κ3) is 6.32. The fourth-order valence-corrected chi connectivity index (χ4v) is 4.61. The SMILES string of the molecule is CS(=O)(=O)Nc1ccc2c(c1)C(=O)CC1(CCN(CCc3ccccn3)CC1)O2.Cl.Cl. The van der Waals surface area contributed by atoms with Crippen LogP contribution in [0.1, 0.15) is 35.3 Å². The maximum Gasteiger partial charge on any atom is 0.229 e. The predicted molar refractivity (Wildman–Crippen MR) is 125 cm³/mol. The van der Waals surface area contributed by atoms with Crippen molar-refractivity contribution < 1.29 is 17.9 Å². The maximum atomic E-state index is 12.8. The molecule has 1 aromatic heterocycles. The van der Waals surface area contributed by atoms with E-state index in [-0.39, 0.29) is 30.6 Å². The van der Waals surface area contributed by atoms with Crippen molar-refractivity contribution in [3.8, 4) is 5.75 Å². The van der Waals surface area contributed by atoms with E-state index in [0.29, 0.717) is 23.4 Å². The highest BCUT2D eigenvalue weighted by Gasteiger charge is 2.42. The number of halogens is 2. The minimum Gasteiger partial charge on any atom is -0.486 e. The van der Waals surface area contributed by atoms with Gasteiger partial charge in [-0.05, 0) is 30.3 Å². The van der Waals surface area contributed by atoms with Crippen molar-refractivity contribution in [2.75, 3.05) is 30.6 Å². The first-order valence-corrected chi connectivity index (χ1v) is 11.7. The number of ketones is 1. The van der Waals surface area contributed by atoms with Gasteiger partial charge in [0.15, 0.2) is 5.78 Å². The Hall–Kier alpha value is -1.87. The Morgan fingerprint density at radius 1 is 1.16 bits per heavy atom. The Morgan fingerprint density at radius 2 is 1.90 bits per heavy atom. The molecule has 31 heavy (non-hydrogen) atoms. The van der Waals surface area contributed by atoms with E-state index in [4.69, 9.17) is 4.74 Å². The first-order valence-electron chi connectivity index (χ1n) is 9.78. The van der Waals surface area contributed by atoms with Gasteiger partial charge in [-0.2, -0.15) is 0 Å². The number of likely N-dealkylation sites (tertiary alicyclic amines) is 1. The van der Waals surface area contributed by atoms with Crippen LogP contribution in [0.2, 0.25) is 0 Å². The van der Waals surface area contributed by atoms with Gasteiger partial charge < -0.3 is 9.64 Å². The Morgan fingerprint density at radius 3 is 2.55 bits per heavy atom. The summed E-state index contributed by atoms with van der Waals surface area (Å²) >= 11 is 0. The Kier molecular flexibility index (Phi) is 8.33. The van der Waals surface area contributed by atoms with E-state index >= 15 is 0 Å². The number of nitrogens with zero attached hydrogens (tertiary/aromatic N) is 2. The summed E-state index contributed by atoms with van der Waals surface area (Å²) in [7, 11) is -3.39. The third-order valence-corrected chi connectivity index (χ3v) is 6.18. The molecule has 0 amide bonds. The van der Waals surface area contributed by atoms with Crippen LogP contribution >= 0.6 is 24.8 Å². The molecule has 0 saturated carbocycles. The van der Waals surface area contributed by atoms with Gasteiger partial charge in [0.05, 0.1) is 18.2 Å². The molecule has 4 rings (SSSR count). The summed E-state index contributed by atoms with van der Waals surface area (Å²) in [5, 5.41) is 0. The topological polar surface area (TPSA) is 88.6 Å². The van der Waals surface area contributed by atoms with Crippen molar-refractivity contribution in [1.82, 2.24) is 9.88 Å². The fraction of sp³-hybridized carbons (Fsp3) is 0.429. The molecular formula is C21H27Cl2N3O4S. The lowest BCUT2D eigenvalue weighted by Crippen LogP contribution is -2.51. The van der Waals surface area contributed by atoms with Crippen LogP contribution in [0.4, 0.5) is 5.69 Å². The molecule has 1 saturated heterocycles. The molecule has 7 nitrogen and oxygen atoms in total. The largest absolute Gasteiger partial charge is 0.486 e. The number of hydrogen-bond acceptors (Lipinski definition) is 6. The van der Waals surface area contributed by atoms with E-state index in [1.54, 1.807) is 18.2 Å². The molecule has 0 atom stereocenters. The number of pyridine rings is 1. The number of nitrogens with one attached hydrogen (secondary N) is 1. The molecule has 1 aromatic carbocycles. The highest BCUT2D eigenvalue weighted by atomic mass is 35.5. The molecule has 0 radical (unpaired) electrons. The number of carbonyl (C=O) groups excluding carboxylic acids is 1. The molecule has 1 fully saturated rings. The van der Waals surface area contributed by atoms with Crippen LogP contribution in [-0.2, 0) is 16.4 Å². The molecule has 2 aliphatic heterocycles. The molecule has 1 N–H and O–H groups in total. The average molecular weight is 488 g/mol. The molecule has 1 spiro atoms. The lowest BCUT2D eigenvalue weighted by molar-refractivity contribution is -0.00868. The van der Waals surface area contributed by atoms with Crippen LogP contribution in [-0.4, -0.2) is 55.6 Å². The van der Waals surface area contributed by atoms with Crippen LogP contribution in [0.25, 0.3) is 0 Å². The first-order chi connectivity index (χ1) is 13.8. The second-order valence-corrected chi connectivity index (χ2v) is 9.63. The molecule has 0 bridgehead atoms. The lowest BCUT2D eigenvalue weighted by atomic mass is 9.82. The highest BCUT2D eigenvalue weighted by molar-refractivity contribution is 7.92. The number of aromatic nitrogens is 1. The van der Waals surface area contributed by atoms with E-state index in [1.165, 1.54) is 0 Å². The zero-order chi connectivity index (χ0) is 20.5. The van der Waals surface area contributed by atoms with Crippen molar-refractivity contribution in [3.63, 3.8) is 0 Å². The number of fused-ring (bicyclic) bond motifs is 1. The van der Waals surface area contributed by atoms with Gasteiger partial charge in [0.25, 0.3) is 0 Å². The van der Waals surface area contributed by atoms with E-state index in [0.717, 1.165) is 50.8 Å². The highest BCUT2D eigenvalue weighted by Crippen LogP contribution is 2.40. The molecule has 0 unspecified atom stereocenters. The summed E-state index contributed by atoms with van der Waals surface area (Å²) in [4.78, 5) is 19.6. The average Bonchev–Trinajstić information content (AvgIpc) is 2.68. The molecular weight excluding hydrogens is 461 g/mol. The Balaban J connectivity index is 0.00000171. The molecule has 2 aliphatic rings. The number of benzene rings is 1. The van der Waals surface area contributed by atoms with Gasteiger partial charge in [-0.1, -0.05) is 6.07 Å². The number of piperidine rings is 1. The van der Waals surface area contributed by atoms with E-state index in [2.05, 4.69) is 14.6 Å². The molecule has 2 aromatic rings. The van der Waals surface area contributed by atoms with Crippen LogP contribution in [0, 0.1) is 0 Å². The number of sulfonamides is 1. The van der Waals surface area contributed by atoms with Crippen LogP contribution < -0.4 is 9.46 Å². The smallest absolute Gasteiger partial charge is 0.229 e. The minimum atomic E-state index is -3.39. The van der Waals surface area contributed by atoms with Gasteiger partial charge >= 0.3 is 0 Å². The molecule has 170 valence electrons. The van der Waals surface area contributed by atoms with E-state index < -0.39 is 15.6 Å². The zero-order valence-electron chi connectivity index (χ0n) is 17.2. The minimum absolute atomic E-state index is 0. The maximum absolute atomic E-state index is 12.8. The summed E-state index contributed by atoms with van der Waals surface area (Å²) in [5.74, 6) is 0.549. The van der Waals surface area contributed by atoms with E-state index in [9.17, 15) is 13.2 Å². The summed E-state index contributed by atoms with van der Waals surface area (Å²) in [6.07, 6.45) is 5.73. The Bertz CT molecular complexity index is 1010. The zero-order valence-corrected chi connectivity index (χ0v) is 19.7. The third-order valence-electron chi connectivity index (χ3n) is 5.57. The van der Waals surface area contributed by atoms with Crippen molar-refractivity contribution in [2.45, 2.75) is 31.3 Å². The van der Waals surface area contributed by atoms with Crippen LogP contribution in [0.15, 0.2) is 42.6 Å². The number of carbonyl (C=O) groups is 1. The fourth-order valence-electron chi connectivity index (χ4n) is 4.05. The van der Waals surface area contributed by atoms with E-state index in [1.807, 2.05) is 24.4 Å². The standard InChI is InChI=1S/C21H25N3O4S.2ClH/c1-29(26,27)23-17-5-6-20-18(14-17)19(25)15-21(28-20)8-12-24(13-9-21)11-7-16-4-2-3-10-22-16;;/h2-6,10,14,23H,7-9,11-13,15H2,1H3;2*1H. The van der Waals surface area contributed by atoms with Gasteiger partial charge in [-0.15, -0.1) is 24.8 Å². The summed E-state index contributed by atoms with van der Waals surface area (Å²) in [6.45, 7) is 2.70. The monoisotopic (exact) mass is 487 g/mol. The molecule has 10 heteroatoms. The van der Waals surface area contributed by atoms with Gasteiger partial charge in [0.1, 0.15) is 11.4 Å². The number of ether oxygens (including phenoxy) is 1. The quantitative estimate of drug-likeness (QED) is 0.695. The molecule has 0 aliphatic carbocycles.